The van der Waals surface area contributed by atoms with Crippen molar-refractivity contribution in [3.63, 3.8) is 0 Å². The lowest BCUT2D eigenvalue weighted by Gasteiger charge is -2.28. The van der Waals surface area contributed by atoms with Crippen LogP contribution in [-0.4, -0.2) is 65.1 Å². The van der Waals surface area contributed by atoms with Crippen molar-refractivity contribution in [2.24, 2.45) is 11.8 Å². The van der Waals surface area contributed by atoms with Gasteiger partial charge in [0.05, 0.1) is 24.3 Å². The van der Waals surface area contributed by atoms with Crippen LogP contribution in [0.25, 0.3) is 0 Å². The summed E-state index contributed by atoms with van der Waals surface area (Å²) in [6.07, 6.45) is 6.92. The fourth-order valence-corrected chi connectivity index (χ4v) is 6.09. The zero-order valence-corrected chi connectivity index (χ0v) is 22.9. The Kier molecular flexibility index (Phi) is 8.35. The molecule has 3 aliphatic rings. The monoisotopic (exact) mass is 546 g/mol. The number of aliphatic hydroxyl groups is 2. The van der Waals surface area contributed by atoms with E-state index in [-0.39, 0.29) is 36.8 Å². The molecule has 0 bridgehead atoms. The van der Waals surface area contributed by atoms with Gasteiger partial charge in [-0.1, -0.05) is 37.3 Å². The van der Waals surface area contributed by atoms with E-state index in [1.807, 2.05) is 30.3 Å². The molecule has 3 amide bonds. The molecule has 0 radical (unpaired) electrons. The van der Waals surface area contributed by atoms with Crippen LogP contribution in [0.3, 0.4) is 0 Å². The third-order valence-electron chi connectivity index (χ3n) is 8.41. The second-order valence-electron chi connectivity index (χ2n) is 11.0. The fourth-order valence-electron chi connectivity index (χ4n) is 6.09. The molecule has 2 saturated heterocycles. The quantitative estimate of drug-likeness (QED) is 0.378. The van der Waals surface area contributed by atoms with Crippen molar-refractivity contribution in [2.75, 3.05) is 36.5 Å². The summed E-state index contributed by atoms with van der Waals surface area (Å²) in [4.78, 5) is 42.8. The number of benzene rings is 2. The smallest absolute Gasteiger partial charge is 0.268 e. The van der Waals surface area contributed by atoms with E-state index in [0.29, 0.717) is 35.7 Å². The van der Waals surface area contributed by atoms with Crippen molar-refractivity contribution >= 4 is 34.8 Å². The zero-order chi connectivity index (χ0) is 28.3. The van der Waals surface area contributed by atoms with Crippen LogP contribution < -0.4 is 15.5 Å². The molecule has 212 valence electrons. The topological polar surface area (TPSA) is 122 Å². The van der Waals surface area contributed by atoms with Gasteiger partial charge in [0.15, 0.2) is 5.60 Å². The predicted octanol–water partition coefficient (Wildman–Crippen LogP) is 3.06. The summed E-state index contributed by atoms with van der Waals surface area (Å²) in [6.45, 7) is 3.85. The first kappa shape index (κ1) is 28.0. The molecule has 4 N–H and O–H groups in total. The molecular weight excluding hydrogens is 508 g/mol. The maximum Gasteiger partial charge on any atom is 0.268 e. The van der Waals surface area contributed by atoms with E-state index in [0.717, 1.165) is 32.2 Å². The average molecular weight is 547 g/mol. The molecule has 0 aliphatic carbocycles. The van der Waals surface area contributed by atoms with Gasteiger partial charge < -0.3 is 25.7 Å². The van der Waals surface area contributed by atoms with Crippen molar-refractivity contribution in [1.82, 2.24) is 10.2 Å². The molecule has 2 fully saturated rings. The highest BCUT2D eigenvalue weighted by molar-refractivity contribution is 6.12. The maximum absolute atomic E-state index is 13.9. The summed E-state index contributed by atoms with van der Waals surface area (Å²) in [5.74, 6) is -1.46. The number of piperidine rings is 1. The molecule has 5 rings (SSSR count). The highest BCUT2D eigenvalue weighted by atomic mass is 16.3. The van der Waals surface area contributed by atoms with Crippen molar-refractivity contribution in [3.8, 4) is 0 Å². The minimum absolute atomic E-state index is 0.0532. The van der Waals surface area contributed by atoms with E-state index >= 15 is 0 Å². The van der Waals surface area contributed by atoms with Crippen LogP contribution in [0.4, 0.5) is 17.1 Å². The Hall–Kier alpha value is -3.53. The molecular formula is C31H38N4O5. The Bertz CT molecular complexity index is 1280. The van der Waals surface area contributed by atoms with Crippen LogP contribution in [0.2, 0.25) is 0 Å². The van der Waals surface area contributed by atoms with Crippen LogP contribution in [0, 0.1) is 11.8 Å². The van der Waals surface area contributed by atoms with Crippen LogP contribution in [0.1, 0.15) is 44.6 Å². The van der Waals surface area contributed by atoms with Crippen molar-refractivity contribution in [1.29, 1.82) is 0 Å². The van der Waals surface area contributed by atoms with Crippen molar-refractivity contribution < 1.29 is 24.6 Å². The van der Waals surface area contributed by atoms with Gasteiger partial charge in [0.1, 0.15) is 0 Å². The summed E-state index contributed by atoms with van der Waals surface area (Å²) in [5.41, 5.74) is 0.203. The number of anilines is 3. The van der Waals surface area contributed by atoms with Gasteiger partial charge in [-0.05, 0) is 62.6 Å². The number of amides is 3. The van der Waals surface area contributed by atoms with Gasteiger partial charge in [-0.3, -0.25) is 19.3 Å². The number of carbonyl (C=O) groups excluding carboxylic acids is 3. The molecule has 9 heteroatoms. The van der Waals surface area contributed by atoms with Crippen molar-refractivity contribution in [2.45, 2.75) is 50.7 Å². The van der Waals surface area contributed by atoms with Gasteiger partial charge in [-0.25, -0.2) is 0 Å². The molecule has 3 heterocycles. The van der Waals surface area contributed by atoms with Gasteiger partial charge in [-0.2, -0.15) is 0 Å². The molecule has 2 aromatic rings. The number of nitrogens with zero attached hydrogens (tertiary/aromatic N) is 2. The average Bonchev–Trinajstić information content (AvgIpc) is 3.55. The molecule has 9 nitrogen and oxygen atoms in total. The number of carbonyl (C=O) groups is 3. The third-order valence-corrected chi connectivity index (χ3v) is 8.41. The van der Waals surface area contributed by atoms with Gasteiger partial charge in [0, 0.05) is 42.4 Å². The van der Waals surface area contributed by atoms with Crippen LogP contribution >= 0.6 is 0 Å². The van der Waals surface area contributed by atoms with Gasteiger partial charge in [-0.15, -0.1) is 0 Å². The highest BCUT2D eigenvalue weighted by Gasteiger charge is 2.53. The summed E-state index contributed by atoms with van der Waals surface area (Å²) in [6, 6.07) is 14.2. The molecule has 2 aromatic carbocycles. The molecule has 0 spiro atoms. The maximum atomic E-state index is 13.9. The lowest BCUT2D eigenvalue weighted by molar-refractivity contribution is -0.138. The van der Waals surface area contributed by atoms with Crippen LogP contribution in [0.5, 0.6) is 0 Å². The normalized spacial score (nSPS) is 25.3. The lowest BCUT2D eigenvalue weighted by Crippen LogP contribution is -2.43. The second-order valence-corrected chi connectivity index (χ2v) is 11.0. The van der Waals surface area contributed by atoms with Gasteiger partial charge in [0.25, 0.3) is 5.91 Å². The number of rotatable bonds is 8. The number of fused-ring (bicyclic) bond motifs is 1. The summed E-state index contributed by atoms with van der Waals surface area (Å²) in [5, 5.41) is 27.9. The van der Waals surface area contributed by atoms with Crippen molar-refractivity contribution in [3.05, 3.63) is 66.2 Å². The Labute approximate surface area is 234 Å². The third kappa shape index (κ3) is 5.29. The van der Waals surface area contributed by atoms with Crippen LogP contribution in [0.15, 0.2) is 60.7 Å². The largest absolute Gasteiger partial charge is 0.394 e. The number of hydrogen-bond donors (Lipinski definition) is 4. The SMILES string of the molecule is C[C@@H](/C=C/CC(=O)N1CCC[C@H]1CO)[C@]1(O)C(=O)N(c2ccccc2)c2ccc(NC(=O)C3CCCNC3)cc21. The minimum atomic E-state index is -1.90. The second kappa shape index (κ2) is 11.9. The summed E-state index contributed by atoms with van der Waals surface area (Å²) in [7, 11) is 0. The first-order chi connectivity index (χ1) is 19.3. The van der Waals surface area contributed by atoms with Gasteiger partial charge in [0.2, 0.25) is 11.8 Å². The van der Waals surface area contributed by atoms with Crippen LogP contribution in [-0.2, 0) is 20.0 Å². The van der Waals surface area contributed by atoms with E-state index < -0.39 is 17.4 Å². The van der Waals surface area contributed by atoms with E-state index in [4.69, 9.17) is 0 Å². The Morgan fingerprint density at radius 3 is 2.70 bits per heavy atom. The summed E-state index contributed by atoms with van der Waals surface area (Å²) < 4.78 is 0. The minimum Gasteiger partial charge on any atom is -0.394 e. The number of likely N-dealkylation sites (tertiary alicyclic amines) is 1. The molecule has 4 atom stereocenters. The highest BCUT2D eigenvalue weighted by Crippen LogP contribution is 2.49. The Morgan fingerprint density at radius 1 is 1.18 bits per heavy atom. The standard InChI is InChI=1S/C31H38N4O5/c1-21(8-5-13-28(37)34-17-7-12-25(34)20-36)31(40)26-18-23(33-29(38)22-9-6-16-32-19-22)14-15-27(26)35(30(31)39)24-10-3-2-4-11-24/h2-5,8,10-11,14-15,18,21-22,25,32,36,40H,6-7,9,12-13,16-17,19-20H2,1H3,(H,33,38)/b8-5+/t21-,22?,25-,31+/m0/s1. The summed E-state index contributed by atoms with van der Waals surface area (Å²) >= 11 is 0. The number of aliphatic hydroxyl groups excluding tert-OH is 1. The first-order valence-corrected chi connectivity index (χ1v) is 14.2. The number of hydrogen-bond acceptors (Lipinski definition) is 6. The van der Waals surface area contributed by atoms with E-state index in [1.165, 1.54) is 4.90 Å². The molecule has 0 aromatic heterocycles. The van der Waals surface area contributed by atoms with E-state index in [2.05, 4.69) is 10.6 Å². The van der Waals surface area contributed by atoms with E-state index in [9.17, 15) is 24.6 Å². The molecule has 3 aliphatic heterocycles. The van der Waals surface area contributed by atoms with Gasteiger partial charge >= 0.3 is 0 Å². The Morgan fingerprint density at radius 2 is 1.98 bits per heavy atom. The number of nitrogens with one attached hydrogen (secondary N) is 2. The Balaban J connectivity index is 1.41. The van der Waals surface area contributed by atoms with E-state index in [1.54, 1.807) is 42.2 Å². The number of para-hydroxylation sites is 1. The molecule has 1 unspecified atom stereocenters. The first-order valence-electron chi connectivity index (χ1n) is 14.2. The lowest BCUT2D eigenvalue weighted by atomic mass is 9.82. The fraction of sp³-hybridized carbons (Fsp3) is 0.452. The predicted molar refractivity (Wildman–Crippen MR) is 153 cm³/mol. The zero-order valence-electron chi connectivity index (χ0n) is 22.9. The molecule has 0 saturated carbocycles. The molecule has 40 heavy (non-hydrogen) atoms.